The maximum atomic E-state index is 12.3. The van der Waals surface area contributed by atoms with Gasteiger partial charge in [-0.15, -0.1) is 0 Å². The first-order valence-electron chi connectivity index (χ1n) is 9.00. The Morgan fingerprint density at radius 1 is 1.20 bits per heavy atom. The molecule has 1 aliphatic heterocycles. The summed E-state index contributed by atoms with van der Waals surface area (Å²) in [5, 5.41) is 8.59. The van der Waals surface area contributed by atoms with Gasteiger partial charge in [0.05, 0.1) is 11.0 Å². The van der Waals surface area contributed by atoms with E-state index in [0.29, 0.717) is 18.1 Å². The van der Waals surface area contributed by atoms with Gasteiger partial charge in [-0.1, -0.05) is 20.8 Å². The highest BCUT2D eigenvalue weighted by atomic mass is 32.2. The predicted molar refractivity (Wildman–Crippen MR) is 100 cm³/mol. The van der Waals surface area contributed by atoms with Crippen LogP contribution in [-0.4, -0.2) is 63.4 Å². The van der Waals surface area contributed by atoms with E-state index in [0.717, 1.165) is 25.9 Å². The molecular formula is C17H35N3O4S. The minimum atomic E-state index is -0.745. The average Bonchev–Trinajstić information content (AvgIpc) is 2.60. The van der Waals surface area contributed by atoms with Gasteiger partial charge in [0.1, 0.15) is 0 Å². The number of hydrogen-bond acceptors (Lipinski definition) is 4. The van der Waals surface area contributed by atoms with E-state index in [1.807, 2.05) is 25.7 Å². The highest BCUT2D eigenvalue weighted by Crippen LogP contribution is 2.21. The molecule has 148 valence electrons. The zero-order valence-corrected chi connectivity index (χ0v) is 17.1. The molecule has 8 heteroatoms. The van der Waals surface area contributed by atoms with Crippen molar-refractivity contribution in [3.8, 4) is 0 Å². The van der Waals surface area contributed by atoms with E-state index >= 15 is 0 Å². The van der Waals surface area contributed by atoms with Crippen LogP contribution in [0.1, 0.15) is 52.9 Å². The summed E-state index contributed by atoms with van der Waals surface area (Å²) >= 11 is 0. The standard InChI is InChI=1S/C13H24N2O3.C4H11NOS/c1-10(2)8-11(9-12(16)14-18)13(17)15-6-4-3-5-7-15;1-4-7(6)5(2)3/h10-11,18H,3-9H2,1-2H3,(H,14,16);4H2,1-3H3. The second-order valence-electron chi connectivity index (χ2n) is 6.87. The van der Waals surface area contributed by atoms with Gasteiger partial charge >= 0.3 is 0 Å². The number of nitrogens with zero attached hydrogens (tertiary/aromatic N) is 2. The maximum Gasteiger partial charge on any atom is 0.244 e. The molecule has 0 aromatic heterocycles. The monoisotopic (exact) mass is 377 g/mol. The van der Waals surface area contributed by atoms with Crippen molar-refractivity contribution in [2.24, 2.45) is 11.8 Å². The van der Waals surface area contributed by atoms with E-state index in [9.17, 15) is 13.8 Å². The Labute approximate surface area is 154 Å². The largest absolute Gasteiger partial charge is 0.342 e. The fourth-order valence-corrected chi connectivity index (χ4v) is 3.26. The molecule has 7 nitrogen and oxygen atoms in total. The van der Waals surface area contributed by atoms with Crippen LogP contribution < -0.4 is 5.48 Å². The number of carbonyl (C=O) groups excluding carboxylic acids is 2. The summed E-state index contributed by atoms with van der Waals surface area (Å²) in [5.74, 6) is 0.344. The van der Waals surface area contributed by atoms with E-state index in [-0.39, 0.29) is 18.2 Å². The number of carbonyl (C=O) groups is 2. The Kier molecular flexibility index (Phi) is 12.7. The Morgan fingerprint density at radius 2 is 1.76 bits per heavy atom. The van der Waals surface area contributed by atoms with Crippen LogP contribution in [0.15, 0.2) is 0 Å². The van der Waals surface area contributed by atoms with Crippen molar-refractivity contribution in [1.29, 1.82) is 0 Å². The van der Waals surface area contributed by atoms with Gasteiger partial charge in [-0.2, -0.15) is 0 Å². The normalized spacial score (nSPS) is 16.9. The van der Waals surface area contributed by atoms with E-state index in [1.54, 1.807) is 23.9 Å². The number of piperidine rings is 1. The Bertz CT molecular complexity index is 424. The number of amides is 2. The summed E-state index contributed by atoms with van der Waals surface area (Å²) in [6, 6.07) is 0. The van der Waals surface area contributed by atoms with Crippen molar-refractivity contribution >= 4 is 22.8 Å². The SMILES string of the molecule is CC(C)CC(CC(=O)NO)C(=O)N1CCCCC1.CCS(=O)N(C)C. The third-order valence-corrected chi connectivity index (χ3v) is 5.29. The van der Waals surface area contributed by atoms with E-state index < -0.39 is 16.9 Å². The summed E-state index contributed by atoms with van der Waals surface area (Å²) < 4.78 is 12.2. The molecule has 2 N–H and O–H groups in total. The van der Waals surface area contributed by atoms with Crippen LogP contribution in [0.5, 0.6) is 0 Å². The van der Waals surface area contributed by atoms with Crippen LogP contribution in [0.2, 0.25) is 0 Å². The Balaban J connectivity index is 0.000000697. The Morgan fingerprint density at radius 3 is 2.12 bits per heavy atom. The topological polar surface area (TPSA) is 90.0 Å². The van der Waals surface area contributed by atoms with Crippen LogP contribution >= 0.6 is 0 Å². The molecule has 2 unspecified atom stereocenters. The maximum absolute atomic E-state index is 12.3. The fourth-order valence-electron chi connectivity index (χ4n) is 2.74. The first kappa shape index (κ1) is 24.0. The molecule has 1 aliphatic rings. The highest BCUT2D eigenvalue weighted by molar-refractivity contribution is 7.82. The lowest BCUT2D eigenvalue weighted by Gasteiger charge is -2.30. The summed E-state index contributed by atoms with van der Waals surface area (Å²) in [5.41, 5.74) is 1.62. The van der Waals surface area contributed by atoms with Gasteiger partial charge < -0.3 is 4.90 Å². The second-order valence-corrected chi connectivity index (χ2v) is 8.82. The molecular weight excluding hydrogens is 342 g/mol. The van der Waals surface area contributed by atoms with Gasteiger partial charge in [0.15, 0.2) is 0 Å². The number of hydroxylamine groups is 1. The molecule has 25 heavy (non-hydrogen) atoms. The summed E-state index contributed by atoms with van der Waals surface area (Å²) in [7, 11) is 2.86. The van der Waals surface area contributed by atoms with Crippen LogP contribution in [0.25, 0.3) is 0 Å². The van der Waals surface area contributed by atoms with Crippen molar-refractivity contribution < 1.29 is 19.0 Å². The van der Waals surface area contributed by atoms with Crippen LogP contribution in [0.4, 0.5) is 0 Å². The molecule has 0 aromatic rings. The predicted octanol–water partition coefficient (Wildman–Crippen LogP) is 1.79. The second kappa shape index (κ2) is 13.2. The lowest BCUT2D eigenvalue weighted by atomic mass is 9.92. The number of hydrogen-bond donors (Lipinski definition) is 2. The molecule has 2 amide bonds. The highest BCUT2D eigenvalue weighted by Gasteiger charge is 2.28. The number of likely N-dealkylation sites (tertiary alicyclic amines) is 1. The molecule has 0 bridgehead atoms. The molecule has 2 atom stereocenters. The van der Waals surface area contributed by atoms with E-state index in [4.69, 9.17) is 5.21 Å². The van der Waals surface area contributed by atoms with Crippen LogP contribution in [0.3, 0.4) is 0 Å². The van der Waals surface area contributed by atoms with Crippen molar-refractivity contribution in [3.05, 3.63) is 0 Å². The third-order valence-electron chi connectivity index (χ3n) is 3.98. The van der Waals surface area contributed by atoms with Gasteiger partial charge in [0, 0.05) is 31.2 Å². The van der Waals surface area contributed by atoms with E-state index in [2.05, 4.69) is 0 Å². The quantitative estimate of drug-likeness (QED) is 0.523. The molecule has 0 spiro atoms. The molecule has 1 rings (SSSR count). The van der Waals surface area contributed by atoms with Gasteiger partial charge in [-0.3, -0.25) is 14.8 Å². The van der Waals surface area contributed by atoms with Crippen LogP contribution in [-0.2, 0) is 20.6 Å². The molecule has 1 saturated heterocycles. The lowest BCUT2D eigenvalue weighted by molar-refractivity contribution is -0.141. The van der Waals surface area contributed by atoms with Gasteiger partial charge in [-0.25, -0.2) is 14.0 Å². The van der Waals surface area contributed by atoms with Crippen molar-refractivity contribution in [1.82, 2.24) is 14.7 Å². The van der Waals surface area contributed by atoms with Crippen molar-refractivity contribution in [3.63, 3.8) is 0 Å². The third kappa shape index (κ3) is 10.6. The molecule has 0 saturated carbocycles. The average molecular weight is 378 g/mol. The van der Waals surface area contributed by atoms with Crippen LogP contribution in [0, 0.1) is 11.8 Å². The zero-order valence-electron chi connectivity index (χ0n) is 16.3. The molecule has 0 aromatic carbocycles. The number of nitrogens with one attached hydrogen (secondary N) is 1. The minimum Gasteiger partial charge on any atom is -0.342 e. The van der Waals surface area contributed by atoms with Crippen molar-refractivity contribution in [2.45, 2.75) is 52.9 Å². The summed E-state index contributed by atoms with van der Waals surface area (Å²) in [6.45, 7) is 7.57. The summed E-state index contributed by atoms with van der Waals surface area (Å²) in [6.07, 6.45) is 4.03. The Hall–Kier alpha value is -0.990. The zero-order chi connectivity index (χ0) is 19.4. The van der Waals surface area contributed by atoms with Gasteiger partial charge in [-0.05, 0) is 45.7 Å². The molecule has 1 heterocycles. The lowest BCUT2D eigenvalue weighted by Crippen LogP contribution is -2.41. The smallest absolute Gasteiger partial charge is 0.244 e. The fraction of sp³-hybridized carbons (Fsp3) is 0.882. The summed E-state index contributed by atoms with van der Waals surface area (Å²) in [4.78, 5) is 25.5. The first-order chi connectivity index (χ1) is 11.7. The van der Waals surface area contributed by atoms with Crippen molar-refractivity contribution in [2.75, 3.05) is 32.9 Å². The molecule has 0 radical (unpaired) electrons. The van der Waals surface area contributed by atoms with E-state index in [1.165, 1.54) is 6.42 Å². The molecule has 0 aliphatic carbocycles. The minimum absolute atomic E-state index is 0.0620. The van der Waals surface area contributed by atoms with Gasteiger partial charge in [0.2, 0.25) is 11.8 Å². The molecule has 1 fully saturated rings. The van der Waals surface area contributed by atoms with Gasteiger partial charge in [0.25, 0.3) is 0 Å². The first-order valence-corrected chi connectivity index (χ1v) is 10.3. The number of rotatable bonds is 7.